The van der Waals surface area contributed by atoms with Crippen LogP contribution in [0.3, 0.4) is 0 Å². The SMILES string of the molecule is CCOC(=O)/C=C/c1c(C)nn(C)c1-n1ccc2cc(C(F)(F)F)cnc21. The van der Waals surface area contributed by atoms with Gasteiger partial charge < -0.3 is 4.74 Å². The molecule has 0 spiro atoms. The summed E-state index contributed by atoms with van der Waals surface area (Å²) in [7, 11) is 1.71. The van der Waals surface area contributed by atoms with Gasteiger partial charge in [0.25, 0.3) is 0 Å². The maximum atomic E-state index is 12.9. The molecule has 0 saturated carbocycles. The Morgan fingerprint density at radius 2 is 2.11 bits per heavy atom. The Morgan fingerprint density at radius 3 is 2.78 bits per heavy atom. The maximum Gasteiger partial charge on any atom is 0.417 e. The van der Waals surface area contributed by atoms with Gasteiger partial charge in [-0.1, -0.05) is 0 Å². The fourth-order valence-electron chi connectivity index (χ4n) is 2.83. The molecule has 6 nitrogen and oxygen atoms in total. The van der Waals surface area contributed by atoms with Crippen molar-refractivity contribution in [2.24, 2.45) is 7.05 Å². The first-order valence-electron chi connectivity index (χ1n) is 8.15. The van der Waals surface area contributed by atoms with Crippen LogP contribution in [0.4, 0.5) is 13.2 Å². The largest absolute Gasteiger partial charge is 0.463 e. The van der Waals surface area contributed by atoms with Crippen LogP contribution >= 0.6 is 0 Å². The van der Waals surface area contributed by atoms with E-state index in [1.807, 2.05) is 0 Å². The molecule has 0 N–H and O–H groups in total. The van der Waals surface area contributed by atoms with E-state index in [4.69, 9.17) is 4.74 Å². The van der Waals surface area contributed by atoms with Crippen molar-refractivity contribution < 1.29 is 22.7 Å². The summed E-state index contributed by atoms with van der Waals surface area (Å²) >= 11 is 0. The van der Waals surface area contributed by atoms with Gasteiger partial charge in [-0.05, 0) is 32.1 Å². The van der Waals surface area contributed by atoms with E-state index in [-0.39, 0.29) is 6.61 Å². The number of halogens is 3. The average Bonchev–Trinajstić information content (AvgIpc) is 3.11. The second-order valence-electron chi connectivity index (χ2n) is 5.85. The Kier molecular flexibility index (Phi) is 4.77. The van der Waals surface area contributed by atoms with Gasteiger partial charge in [-0.2, -0.15) is 18.3 Å². The van der Waals surface area contributed by atoms with Gasteiger partial charge in [-0.25, -0.2) is 9.78 Å². The summed E-state index contributed by atoms with van der Waals surface area (Å²) in [5, 5.41) is 4.69. The lowest BCUT2D eigenvalue weighted by atomic mass is 10.2. The number of carbonyl (C=O) groups is 1. The Labute approximate surface area is 152 Å². The van der Waals surface area contributed by atoms with Crippen molar-refractivity contribution in [2.45, 2.75) is 20.0 Å². The molecule has 0 unspecified atom stereocenters. The Hall–Kier alpha value is -3.10. The topological polar surface area (TPSA) is 61.9 Å². The van der Waals surface area contributed by atoms with Crippen LogP contribution in [0, 0.1) is 6.92 Å². The first-order valence-corrected chi connectivity index (χ1v) is 8.15. The number of aromatic nitrogens is 4. The molecule has 0 fully saturated rings. The van der Waals surface area contributed by atoms with Gasteiger partial charge in [-0.3, -0.25) is 9.25 Å². The number of aryl methyl sites for hydroxylation is 2. The molecule has 0 aliphatic rings. The van der Waals surface area contributed by atoms with E-state index in [1.165, 1.54) is 6.08 Å². The predicted octanol–water partition coefficient (Wildman–Crippen LogP) is 3.66. The molecule has 3 heterocycles. The zero-order valence-electron chi connectivity index (χ0n) is 14.9. The lowest BCUT2D eigenvalue weighted by molar-refractivity contribution is -0.138. The molecular formula is C18H17F3N4O2. The molecule has 0 aliphatic heterocycles. The first-order chi connectivity index (χ1) is 12.7. The summed E-state index contributed by atoms with van der Waals surface area (Å²) in [4.78, 5) is 15.6. The van der Waals surface area contributed by atoms with Crippen LogP contribution < -0.4 is 0 Å². The minimum absolute atomic E-state index is 0.260. The van der Waals surface area contributed by atoms with Crippen LogP contribution in [0.25, 0.3) is 22.9 Å². The van der Waals surface area contributed by atoms with E-state index in [0.29, 0.717) is 28.1 Å². The number of nitrogens with zero attached hydrogens (tertiary/aromatic N) is 4. The van der Waals surface area contributed by atoms with Gasteiger partial charge in [0, 0.05) is 36.5 Å². The van der Waals surface area contributed by atoms with E-state index in [1.54, 1.807) is 48.5 Å². The van der Waals surface area contributed by atoms with Crippen LogP contribution in [0.5, 0.6) is 0 Å². The summed E-state index contributed by atoms with van der Waals surface area (Å²) in [5.74, 6) is 0.0901. The van der Waals surface area contributed by atoms with Gasteiger partial charge in [0.05, 0.1) is 17.9 Å². The summed E-state index contributed by atoms with van der Waals surface area (Å²) in [6.07, 6.45) is 0.829. The number of carbonyl (C=O) groups excluding carboxylic acids is 1. The van der Waals surface area contributed by atoms with Crippen molar-refractivity contribution in [2.75, 3.05) is 6.61 Å². The number of rotatable bonds is 4. The fourth-order valence-corrected chi connectivity index (χ4v) is 2.83. The lowest BCUT2D eigenvalue weighted by Crippen LogP contribution is -2.07. The van der Waals surface area contributed by atoms with E-state index in [9.17, 15) is 18.0 Å². The van der Waals surface area contributed by atoms with Crippen molar-refractivity contribution in [3.05, 3.63) is 47.4 Å². The highest BCUT2D eigenvalue weighted by molar-refractivity contribution is 5.88. The van der Waals surface area contributed by atoms with Gasteiger partial charge in [0.2, 0.25) is 0 Å². The van der Waals surface area contributed by atoms with Crippen molar-refractivity contribution in [1.82, 2.24) is 19.3 Å². The molecule has 3 aromatic heterocycles. The molecule has 9 heteroatoms. The molecule has 3 rings (SSSR count). The number of pyridine rings is 1. The Morgan fingerprint density at radius 1 is 1.37 bits per heavy atom. The number of esters is 1. The number of hydrogen-bond acceptors (Lipinski definition) is 4. The molecule has 0 bridgehead atoms. The third kappa shape index (κ3) is 3.57. The van der Waals surface area contributed by atoms with Crippen LogP contribution in [-0.2, 0) is 22.8 Å². The van der Waals surface area contributed by atoms with Gasteiger partial charge in [0.15, 0.2) is 0 Å². The van der Waals surface area contributed by atoms with E-state index in [2.05, 4.69) is 10.1 Å². The monoisotopic (exact) mass is 378 g/mol. The molecule has 27 heavy (non-hydrogen) atoms. The number of alkyl halides is 3. The van der Waals surface area contributed by atoms with Crippen LogP contribution in [0.1, 0.15) is 23.7 Å². The molecule has 3 aromatic rings. The molecule has 0 aromatic carbocycles. The molecule has 0 saturated heterocycles. The minimum atomic E-state index is -4.46. The zero-order chi connectivity index (χ0) is 19.8. The van der Waals surface area contributed by atoms with E-state index >= 15 is 0 Å². The van der Waals surface area contributed by atoms with Gasteiger partial charge in [-0.15, -0.1) is 0 Å². The second kappa shape index (κ2) is 6.90. The van der Waals surface area contributed by atoms with Crippen LogP contribution in [-0.4, -0.2) is 31.9 Å². The van der Waals surface area contributed by atoms with Crippen molar-refractivity contribution in [3.8, 4) is 5.82 Å². The van der Waals surface area contributed by atoms with E-state index < -0.39 is 17.7 Å². The Balaban J connectivity index is 2.10. The maximum absolute atomic E-state index is 12.9. The second-order valence-corrected chi connectivity index (χ2v) is 5.85. The summed E-state index contributed by atoms with van der Waals surface area (Å²) in [6.45, 7) is 3.74. The summed E-state index contributed by atoms with van der Waals surface area (Å²) < 4.78 is 46.8. The number of fused-ring (bicyclic) bond motifs is 1. The minimum Gasteiger partial charge on any atom is -0.463 e. The van der Waals surface area contributed by atoms with Gasteiger partial charge >= 0.3 is 12.1 Å². The Bertz CT molecular complexity index is 1030. The highest BCUT2D eigenvalue weighted by atomic mass is 19.4. The number of hydrogen-bond donors (Lipinski definition) is 0. The quantitative estimate of drug-likeness (QED) is 0.513. The van der Waals surface area contributed by atoms with Crippen LogP contribution in [0.2, 0.25) is 0 Å². The van der Waals surface area contributed by atoms with Crippen molar-refractivity contribution in [3.63, 3.8) is 0 Å². The highest BCUT2D eigenvalue weighted by Crippen LogP contribution is 2.32. The zero-order valence-corrected chi connectivity index (χ0v) is 14.9. The fraction of sp³-hybridized carbons (Fsp3) is 0.278. The van der Waals surface area contributed by atoms with E-state index in [0.717, 1.165) is 12.3 Å². The predicted molar refractivity (Wildman–Crippen MR) is 93.2 cm³/mol. The summed E-state index contributed by atoms with van der Waals surface area (Å²) in [6, 6.07) is 2.61. The molecule has 0 aliphatic carbocycles. The van der Waals surface area contributed by atoms with Crippen LogP contribution in [0.15, 0.2) is 30.6 Å². The smallest absolute Gasteiger partial charge is 0.417 e. The van der Waals surface area contributed by atoms with Crippen molar-refractivity contribution >= 4 is 23.1 Å². The number of ether oxygens (including phenoxy) is 1. The third-order valence-corrected chi connectivity index (χ3v) is 3.99. The molecule has 0 atom stereocenters. The van der Waals surface area contributed by atoms with Crippen molar-refractivity contribution in [1.29, 1.82) is 0 Å². The highest BCUT2D eigenvalue weighted by Gasteiger charge is 2.31. The third-order valence-electron chi connectivity index (χ3n) is 3.99. The standard InChI is InChI=1S/C18H17F3N4O2/c1-4-27-15(26)6-5-14-11(2)23-24(3)17(14)25-8-7-12-9-13(18(19,20)21)10-22-16(12)25/h5-10H,4H2,1-3H3/b6-5+. The normalized spacial score (nSPS) is 12.2. The molecular weight excluding hydrogens is 361 g/mol. The molecule has 142 valence electrons. The van der Waals surface area contributed by atoms with Gasteiger partial charge in [0.1, 0.15) is 11.5 Å². The average molecular weight is 378 g/mol. The summed E-state index contributed by atoms with van der Waals surface area (Å²) in [5.41, 5.74) is 0.847. The lowest BCUT2D eigenvalue weighted by Gasteiger charge is -2.09. The molecule has 0 radical (unpaired) electrons. The molecule has 0 amide bonds. The first kappa shape index (κ1) is 18.7.